The molecule has 1 aliphatic rings. The van der Waals surface area contributed by atoms with Crippen molar-refractivity contribution in [3.63, 3.8) is 0 Å². The Morgan fingerprint density at radius 1 is 0.868 bits per heavy atom. The van der Waals surface area contributed by atoms with E-state index in [0.717, 1.165) is 27.5 Å². The molecule has 0 unspecified atom stereocenters. The summed E-state index contributed by atoms with van der Waals surface area (Å²) in [6.07, 6.45) is 6.55. The highest BCUT2D eigenvalue weighted by Gasteiger charge is 2.14. The summed E-state index contributed by atoms with van der Waals surface area (Å²) in [5.74, 6) is 1.53. The van der Waals surface area contributed by atoms with Crippen LogP contribution < -0.4 is 11.1 Å². The highest BCUT2D eigenvalue weighted by molar-refractivity contribution is 8.03. The number of carbonyl (C=O) groups is 1. The molecule has 1 aliphatic carbocycles. The first-order valence-corrected chi connectivity index (χ1v) is 12.9. The number of nitrogens with two attached hydrogens (primary N) is 1. The van der Waals surface area contributed by atoms with Crippen LogP contribution in [0.25, 0.3) is 5.70 Å². The van der Waals surface area contributed by atoms with Gasteiger partial charge in [0.25, 0.3) is 5.91 Å². The number of rotatable bonds is 9. The van der Waals surface area contributed by atoms with Gasteiger partial charge in [-0.15, -0.1) is 11.8 Å². The van der Waals surface area contributed by atoms with Gasteiger partial charge in [-0.1, -0.05) is 66.7 Å². The summed E-state index contributed by atoms with van der Waals surface area (Å²) in [6, 6.07) is 20.1. The summed E-state index contributed by atoms with van der Waals surface area (Å²) in [5.41, 5.74) is 9.91. The summed E-state index contributed by atoms with van der Waals surface area (Å²) in [5, 5.41) is 2.98. The quantitative estimate of drug-likeness (QED) is 0.418. The summed E-state index contributed by atoms with van der Waals surface area (Å²) in [6.45, 7) is 0. The number of thioether (sulfide) groups is 1. The van der Waals surface area contributed by atoms with E-state index >= 15 is 0 Å². The summed E-state index contributed by atoms with van der Waals surface area (Å²) >= 11 is 1.53. The fraction of sp³-hybridized carbons (Fsp3) is 0.300. The van der Waals surface area contributed by atoms with Crippen molar-refractivity contribution < 1.29 is 23.7 Å². The van der Waals surface area contributed by atoms with Crippen molar-refractivity contribution in [2.75, 3.05) is 48.5 Å². The molecule has 0 radical (unpaired) electrons. The molecule has 0 fully saturated rings. The Balaban J connectivity index is 0.00000110. The number of benzene rings is 2. The van der Waals surface area contributed by atoms with E-state index in [9.17, 15) is 4.79 Å². The number of ether oxygens (including phenoxy) is 4. The lowest BCUT2D eigenvalue weighted by atomic mass is 10.1. The Labute approximate surface area is 231 Å². The van der Waals surface area contributed by atoms with Gasteiger partial charge in [0, 0.05) is 63.5 Å². The Hall–Kier alpha value is -3.46. The molecular weight excluding hydrogens is 500 g/mol. The second kappa shape index (κ2) is 19.6. The monoisotopic (exact) mass is 540 g/mol. The van der Waals surface area contributed by atoms with Crippen molar-refractivity contribution in [2.45, 2.75) is 12.8 Å². The van der Waals surface area contributed by atoms with Gasteiger partial charge in [0.15, 0.2) is 0 Å². The van der Waals surface area contributed by atoms with E-state index in [4.69, 9.17) is 15.2 Å². The zero-order chi connectivity index (χ0) is 28.2. The van der Waals surface area contributed by atoms with E-state index in [0.29, 0.717) is 30.1 Å². The third kappa shape index (κ3) is 12.2. The van der Waals surface area contributed by atoms with Crippen LogP contribution in [0.5, 0.6) is 0 Å². The number of hydrogen-bond acceptors (Lipinski definition) is 7. The highest BCUT2D eigenvalue weighted by atomic mass is 32.2. The predicted molar refractivity (Wildman–Crippen MR) is 157 cm³/mol. The third-order valence-corrected chi connectivity index (χ3v) is 5.96. The molecule has 206 valence electrons. The highest BCUT2D eigenvalue weighted by Crippen LogP contribution is 2.27. The molecule has 0 atom stereocenters. The minimum Gasteiger partial charge on any atom is -0.501 e. The van der Waals surface area contributed by atoms with Crippen LogP contribution in [0.3, 0.4) is 0 Å². The topological polar surface area (TPSA) is 92.0 Å². The number of nitrogens with one attached hydrogen (secondary N) is 1. The first-order valence-electron chi connectivity index (χ1n) is 11.9. The largest absolute Gasteiger partial charge is 0.501 e. The van der Waals surface area contributed by atoms with E-state index < -0.39 is 0 Å². The maximum absolute atomic E-state index is 12.8. The van der Waals surface area contributed by atoms with Gasteiger partial charge in [-0.2, -0.15) is 0 Å². The van der Waals surface area contributed by atoms with Gasteiger partial charge in [-0.05, 0) is 17.2 Å². The van der Waals surface area contributed by atoms with Crippen LogP contribution in [-0.2, 0) is 30.2 Å². The zero-order valence-electron chi connectivity index (χ0n) is 23.2. The third-order valence-electron chi connectivity index (χ3n) is 4.96. The average molecular weight is 541 g/mol. The first kappa shape index (κ1) is 32.6. The molecule has 38 heavy (non-hydrogen) atoms. The summed E-state index contributed by atoms with van der Waals surface area (Å²) < 4.78 is 19.1. The van der Waals surface area contributed by atoms with Gasteiger partial charge in [0.1, 0.15) is 11.5 Å². The van der Waals surface area contributed by atoms with Crippen LogP contribution in [0.15, 0.2) is 101 Å². The van der Waals surface area contributed by atoms with Crippen molar-refractivity contribution in [3.8, 4) is 0 Å². The Bertz CT molecular complexity index is 1080. The number of amides is 1. The van der Waals surface area contributed by atoms with Crippen molar-refractivity contribution in [3.05, 3.63) is 112 Å². The van der Waals surface area contributed by atoms with Crippen molar-refractivity contribution in [1.29, 1.82) is 0 Å². The molecule has 1 amide bonds. The lowest BCUT2D eigenvalue weighted by Crippen LogP contribution is -2.24. The van der Waals surface area contributed by atoms with Gasteiger partial charge < -0.3 is 30.0 Å². The van der Waals surface area contributed by atoms with E-state index in [1.54, 1.807) is 54.8 Å². The molecule has 0 saturated heterocycles. The minimum absolute atomic E-state index is 0.171. The zero-order valence-corrected chi connectivity index (χ0v) is 24.0. The average Bonchev–Trinajstić information content (AvgIpc) is 3.16. The molecule has 0 aliphatic heterocycles. The smallest absolute Gasteiger partial charge is 0.251 e. The molecule has 2 aromatic rings. The maximum Gasteiger partial charge on any atom is 0.251 e. The molecule has 3 N–H and O–H groups in total. The van der Waals surface area contributed by atoms with Crippen LogP contribution in [0.4, 0.5) is 0 Å². The Morgan fingerprint density at radius 2 is 1.45 bits per heavy atom. The lowest BCUT2D eigenvalue weighted by molar-refractivity contribution is -0.116. The Kier molecular flexibility index (Phi) is 16.8. The van der Waals surface area contributed by atoms with E-state index in [-0.39, 0.29) is 5.91 Å². The first-order chi connectivity index (χ1) is 18.4. The minimum atomic E-state index is -0.171. The molecule has 0 bridgehead atoms. The number of methoxy groups -OCH3 is 4. The fourth-order valence-electron chi connectivity index (χ4n) is 3.18. The second-order valence-electron chi connectivity index (χ2n) is 7.91. The van der Waals surface area contributed by atoms with Crippen molar-refractivity contribution in [1.82, 2.24) is 5.32 Å². The second-order valence-corrected chi connectivity index (χ2v) is 8.98. The van der Waals surface area contributed by atoms with Crippen LogP contribution in [0.1, 0.15) is 17.5 Å². The van der Waals surface area contributed by atoms with E-state index in [2.05, 4.69) is 26.9 Å². The van der Waals surface area contributed by atoms with E-state index in [1.165, 1.54) is 11.8 Å². The number of carbonyl (C=O) groups excluding carboxylic acids is 1. The number of allylic oxidation sites excluding steroid dienone is 3. The molecular formula is C30H40N2O5S. The fourth-order valence-corrected chi connectivity index (χ4v) is 4.09. The van der Waals surface area contributed by atoms with Gasteiger partial charge in [-0.25, -0.2) is 0 Å². The van der Waals surface area contributed by atoms with Crippen LogP contribution in [0, 0.1) is 0 Å². The van der Waals surface area contributed by atoms with Gasteiger partial charge in [-0.3, -0.25) is 4.79 Å². The standard InChI is InChI=1S/C26H28N2O3S.2C2H6O/c1-30-22-14-13-21(16-23(17-22)31-2)26(29)28-18-32-24(15-19-9-5-3-6-10-19)25(27)20-11-7-4-8-12-20;2*1-3-2/h3-13,16-17H,14-15,18,27H2,1-2H3,(H,28,29);2*1-2H3/b25-24-;;. The van der Waals surface area contributed by atoms with E-state index in [1.807, 2.05) is 54.6 Å². The van der Waals surface area contributed by atoms with Gasteiger partial charge >= 0.3 is 0 Å². The van der Waals surface area contributed by atoms with Crippen LogP contribution in [0.2, 0.25) is 0 Å². The Morgan fingerprint density at radius 3 is 2.00 bits per heavy atom. The maximum atomic E-state index is 12.8. The molecule has 0 aromatic heterocycles. The van der Waals surface area contributed by atoms with Crippen LogP contribution >= 0.6 is 11.8 Å². The normalized spacial score (nSPS) is 12.9. The predicted octanol–water partition coefficient (Wildman–Crippen LogP) is 5.28. The molecule has 2 aromatic carbocycles. The molecule has 0 spiro atoms. The SMILES string of the molecule is COC.COC.COC1=CC(C(=O)NCS/C(Cc2ccccc2)=C(\N)c2ccccc2)=CCC(OC)=C1. The van der Waals surface area contributed by atoms with Crippen molar-refractivity contribution >= 4 is 23.4 Å². The van der Waals surface area contributed by atoms with Gasteiger partial charge in [0.05, 0.1) is 20.1 Å². The lowest BCUT2D eigenvalue weighted by Gasteiger charge is -2.13. The molecule has 0 saturated carbocycles. The summed E-state index contributed by atoms with van der Waals surface area (Å²) in [4.78, 5) is 13.8. The molecule has 0 heterocycles. The number of hydrogen-bond donors (Lipinski definition) is 2. The van der Waals surface area contributed by atoms with Crippen molar-refractivity contribution in [2.24, 2.45) is 5.73 Å². The molecule has 8 heteroatoms. The van der Waals surface area contributed by atoms with Crippen LogP contribution in [-0.4, -0.2) is 54.4 Å². The summed E-state index contributed by atoms with van der Waals surface area (Å²) in [7, 11) is 9.67. The molecule has 3 rings (SSSR count). The van der Waals surface area contributed by atoms with Gasteiger partial charge in [0.2, 0.25) is 0 Å². The molecule has 7 nitrogen and oxygen atoms in total.